The van der Waals surface area contributed by atoms with Crippen LogP contribution in [0.3, 0.4) is 0 Å². The highest BCUT2D eigenvalue weighted by atomic mass is 32.1. The minimum Gasteiger partial charge on any atom is -0.192 e. The molecule has 0 aliphatic carbocycles. The van der Waals surface area contributed by atoms with Crippen LogP contribution >= 0.6 is 11.3 Å². The van der Waals surface area contributed by atoms with Crippen molar-refractivity contribution in [2.45, 2.75) is 6.92 Å². The summed E-state index contributed by atoms with van der Waals surface area (Å²) >= 11 is 1.59. The summed E-state index contributed by atoms with van der Waals surface area (Å²) < 4.78 is 0. The van der Waals surface area contributed by atoms with Crippen molar-refractivity contribution in [2.24, 2.45) is 0 Å². The second-order valence-electron chi connectivity index (χ2n) is 3.56. The van der Waals surface area contributed by atoms with Crippen LogP contribution in [-0.4, -0.2) is 0 Å². The molecule has 2 rings (SSSR count). The van der Waals surface area contributed by atoms with Crippen molar-refractivity contribution >= 4 is 23.0 Å². The van der Waals surface area contributed by atoms with Crippen LogP contribution in [0.15, 0.2) is 41.8 Å². The van der Waals surface area contributed by atoms with Gasteiger partial charge in [0.25, 0.3) is 0 Å². The molecule has 1 aromatic heterocycles. The SMILES string of the molecule is Cc1ccc(C=C(C#N)c2cccs2)cc1. The van der Waals surface area contributed by atoms with Gasteiger partial charge in [-0.15, -0.1) is 11.3 Å². The van der Waals surface area contributed by atoms with Crippen LogP contribution in [0.25, 0.3) is 11.6 Å². The number of nitriles is 1. The van der Waals surface area contributed by atoms with Crippen molar-refractivity contribution in [3.63, 3.8) is 0 Å². The lowest BCUT2D eigenvalue weighted by atomic mass is 10.1. The Bertz CT molecular complexity index is 527. The van der Waals surface area contributed by atoms with Crippen LogP contribution in [0.2, 0.25) is 0 Å². The summed E-state index contributed by atoms with van der Waals surface area (Å²) in [6.45, 7) is 2.05. The van der Waals surface area contributed by atoms with Gasteiger partial charge in [0.05, 0.1) is 5.57 Å². The number of nitrogens with zero attached hydrogens (tertiary/aromatic N) is 1. The molecular weight excluding hydrogens is 214 g/mol. The van der Waals surface area contributed by atoms with E-state index in [0.717, 1.165) is 16.0 Å². The Hall–Kier alpha value is -1.85. The van der Waals surface area contributed by atoms with Crippen molar-refractivity contribution in [3.05, 3.63) is 57.8 Å². The molecule has 0 fully saturated rings. The maximum atomic E-state index is 9.10. The molecule has 0 aliphatic rings. The summed E-state index contributed by atoms with van der Waals surface area (Å²) in [5.41, 5.74) is 3.01. The van der Waals surface area contributed by atoms with Crippen LogP contribution in [0.4, 0.5) is 0 Å². The Balaban J connectivity index is 2.36. The number of hydrogen-bond acceptors (Lipinski definition) is 2. The van der Waals surface area contributed by atoms with Gasteiger partial charge in [-0.3, -0.25) is 0 Å². The molecule has 0 bridgehead atoms. The molecule has 0 saturated heterocycles. The second kappa shape index (κ2) is 4.78. The quantitative estimate of drug-likeness (QED) is 0.705. The Labute approximate surface area is 99.3 Å². The van der Waals surface area contributed by atoms with Crippen molar-refractivity contribution in [1.82, 2.24) is 0 Å². The Morgan fingerprint density at radius 1 is 1.25 bits per heavy atom. The van der Waals surface area contributed by atoms with Crippen molar-refractivity contribution in [3.8, 4) is 6.07 Å². The molecule has 0 unspecified atom stereocenters. The highest BCUT2D eigenvalue weighted by molar-refractivity contribution is 7.11. The molecule has 1 nitrogen and oxygen atoms in total. The molecule has 2 heteroatoms. The number of aryl methyl sites for hydroxylation is 1. The van der Waals surface area contributed by atoms with E-state index < -0.39 is 0 Å². The van der Waals surface area contributed by atoms with Crippen LogP contribution in [-0.2, 0) is 0 Å². The van der Waals surface area contributed by atoms with Crippen LogP contribution in [0, 0.1) is 18.3 Å². The Morgan fingerprint density at radius 2 is 2.00 bits per heavy atom. The monoisotopic (exact) mass is 225 g/mol. The van der Waals surface area contributed by atoms with Crippen LogP contribution in [0.1, 0.15) is 16.0 Å². The van der Waals surface area contributed by atoms with E-state index in [-0.39, 0.29) is 0 Å². The number of hydrogen-bond donors (Lipinski definition) is 0. The van der Waals surface area contributed by atoms with E-state index >= 15 is 0 Å². The number of allylic oxidation sites excluding steroid dienone is 1. The summed E-state index contributed by atoms with van der Waals surface area (Å²) in [4.78, 5) is 1.02. The van der Waals surface area contributed by atoms with E-state index in [2.05, 4.69) is 25.1 Å². The first-order valence-corrected chi connectivity index (χ1v) is 5.90. The zero-order valence-electron chi connectivity index (χ0n) is 8.97. The zero-order valence-corrected chi connectivity index (χ0v) is 9.79. The predicted molar refractivity (Wildman–Crippen MR) is 69.0 cm³/mol. The van der Waals surface area contributed by atoms with Gasteiger partial charge < -0.3 is 0 Å². The van der Waals surface area contributed by atoms with Crippen molar-refractivity contribution in [2.75, 3.05) is 0 Å². The molecule has 1 heterocycles. The van der Waals surface area contributed by atoms with Crippen LogP contribution < -0.4 is 0 Å². The molecule has 0 radical (unpaired) electrons. The number of rotatable bonds is 2. The van der Waals surface area contributed by atoms with Gasteiger partial charge in [0.2, 0.25) is 0 Å². The lowest BCUT2D eigenvalue weighted by molar-refractivity contribution is 1.46. The average molecular weight is 225 g/mol. The normalized spacial score (nSPS) is 11.1. The fraction of sp³-hybridized carbons (Fsp3) is 0.0714. The molecule has 0 saturated carbocycles. The summed E-state index contributed by atoms with van der Waals surface area (Å²) in [5, 5.41) is 11.1. The highest BCUT2D eigenvalue weighted by Crippen LogP contribution is 2.22. The summed E-state index contributed by atoms with van der Waals surface area (Å²) in [7, 11) is 0. The van der Waals surface area contributed by atoms with E-state index in [9.17, 15) is 0 Å². The molecule has 0 atom stereocenters. The third-order valence-corrected chi connectivity index (χ3v) is 3.20. The van der Waals surface area contributed by atoms with Gasteiger partial charge in [-0.25, -0.2) is 0 Å². The minimum absolute atomic E-state index is 0.721. The number of benzene rings is 1. The van der Waals surface area contributed by atoms with Gasteiger partial charge in [0.15, 0.2) is 0 Å². The van der Waals surface area contributed by atoms with Gasteiger partial charge in [-0.05, 0) is 30.0 Å². The molecular formula is C14H11NS. The van der Waals surface area contributed by atoms with E-state index in [1.165, 1.54) is 5.56 Å². The third kappa shape index (κ3) is 2.39. The van der Waals surface area contributed by atoms with E-state index in [4.69, 9.17) is 5.26 Å². The molecule has 0 spiro atoms. The van der Waals surface area contributed by atoms with Crippen LogP contribution in [0.5, 0.6) is 0 Å². The lowest BCUT2D eigenvalue weighted by Crippen LogP contribution is -1.78. The van der Waals surface area contributed by atoms with Gasteiger partial charge in [0, 0.05) is 4.88 Å². The van der Waals surface area contributed by atoms with Gasteiger partial charge in [0.1, 0.15) is 6.07 Å². The lowest BCUT2D eigenvalue weighted by Gasteiger charge is -1.97. The second-order valence-corrected chi connectivity index (χ2v) is 4.51. The molecule has 0 amide bonds. The first-order chi connectivity index (χ1) is 7.79. The fourth-order valence-electron chi connectivity index (χ4n) is 1.42. The molecule has 0 N–H and O–H groups in total. The molecule has 0 aliphatic heterocycles. The Kier molecular flexibility index (Phi) is 3.19. The molecule has 1 aromatic carbocycles. The topological polar surface area (TPSA) is 23.8 Å². The van der Waals surface area contributed by atoms with Crippen molar-refractivity contribution < 1.29 is 0 Å². The summed E-state index contributed by atoms with van der Waals surface area (Å²) in [5.74, 6) is 0. The van der Waals surface area contributed by atoms with Gasteiger partial charge in [-0.1, -0.05) is 35.9 Å². The molecule has 2 aromatic rings. The maximum absolute atomic E-state index is 9.10. The summed E-state index contributed by atoms with van der Waals surface area (Å²) in [6, 6.07) is 14.3. The smallest absolute Gasteiger partial charge is 0.101 e. The first kappa shape index (κ1) is 10.7. The van der Waals surface area contributed by atoms with E-state index in [1.807, 2.05) is 35.7 Å². The predicted octanol–water partition coefficient (Wildman–Crippen LogP) is 4.12. The maximum Gasteiger partial charge on any atom is 0.101 e. The Morgan fingerprint density at radius 3 is 2.56 bits per heavy atom. The van der Waals surface area contributed by atoms with Gasteiger partial charge >= 0.3 is 0 Å². The van der Waals surface area contributed by atoms with E-state index in [1.54, 1.807) is 11.3 Å². The largest absolute Gasteiger partial charge is 0.192 e. The van der Waals surface area contributed by atoms with Gasteiger partial charge in [-0.2, -0.15) is 5.26 Å². The fourth-order valence-corrected chi connectivity index (χ4v) is 2.11. The minimum atomic E-state index is 0.721. The van der Waals surface area contributed by atoms with Crippen molar-refractivity contribution in [1.29, 1.82) is 5.26 Å². The average Bonchev–Trinajstić information content (AvgIpc) is 2.82. The molecule has 78 valence electrons. The molecule has 16 heavy (non-hydrogen) atoms. The first-order valence-electron chi connectivity index (χ1n) is 5.02. The summed E-state index contributed by atoms with van der Waals surface area (Å²) in [6.07, 6.45) is 1.92. The highest BCUT2D eigenvalue weighted by Gasteiger charge is 2.01. The standard InChI is InChI=1S/C14H11NS/c1-11-4-6-12(7-5-11)9-13(10-15)14-3-2-8-16-14/h2-9H,1H3. The van der Waals surface area contributed by atoms with E-state index in [0.29, 0.717) is 0 Å². The third-order valence-electron chi connectivity index (χ3n) is 2.30. The zero-order chi connectivity index (χ0) is 11.4. The number of thiophene rings is 1.